The molecule has 0 fully saturated rings. The first kappa shape index (κ1) is 16.2. The van der Waals surface area contributed by atoms with E-state index in [1.807, 2.05) is 13.8 Å². The number of hydrogen-bond acceptors (Lipinski definition) is 2. The molecule has 2 amide bonds. The fraction of sp³-hybridized carbons (Fsp3) is 0.833. The summed E-state index contributed by atoms with van der Waals surface area (Å²) in [4.78, 5) is 22.8. The molecule has 0 spiro atoms. The molecule has 0 rings (SSSR count). The van der Waals surface area contributed by atoms with Crippen molar-refractivity contribution in [3.63, 3.8) is 0 Å². The molecule has 0 bridgehead atoms. The maximum Gasteiger partial charge on any atom is 0.239 e. The van der Waals surface area contributed by atoms with Crippen LogP contribution in [0.15, 0.2) is 0 Å². The van der Waals surface area contributed by atoms with Crippen LogP contribution in [0.4, 0.5) is 0 Å². The number of amides is 2. The van der Waals surface area contributed by atoms with Crippen LogP contribution < -0.4 is 11.1 Å². The molecular weight excluding hydrogens is 240 g/mol. The van der Waals surface area contributed by atoms with Gasteiger partial charge in [-0.3, -0.25) is 9.59 Å². The molecule has 17 heavy (non-hydrogen) atoms. The van der Waals surface area contributed by atoms with Crippen molar-refractivity contribution in [2.45, 2.75) is 52.5 Å². The zero-order valence-corrected chi connectivity index (χ0v) is 11.6. The molecule has 0 aliphatic heterocycles. The molecule has 0 aliphatic carbocycles. The quantitative estimate of drug-likeness (QED) is 0.655. The average molecular weight is 263 g/mol. The minimum Gasteiger partial charge on any atom is -0.368 e. The van der Waals surface area contributed by atoms with Crippen molar-refractivity contribution in [1.82, 2.24) is 5.32 Å². The number of halogens is 1. The summed E-state index contributed by atoms with van der Waals surface area (Å²) in [6.07, 6.45) is 2.70. The molecule has 2 atom stereocenters. The lowest BCUT2D eigenvalue weighted by Crippen LogP contribution is -2.45. The van der Waals surface area contributed by atoms with Crippen molar-refractivity contribution < 1.29 is 9.59 Å². The van der Waals surface area contributed by atoms with Crippen LogP contribution in [-0.4, -0.2) is 23.7 Å². The molecule has 4 nitrogen and oxygen atoms in total. The van der Waals surface area contributed by atoms with E-state index in [9.17, 15) is 9.59 Å². The fourth-order valence-corrected chi connectivity index (χ4v) is 2.04. The van der Waals surface area contributed by atoms with Crippen LogP contribution in [-0.2, 0) is 9.59 Å². The summed E-state index contributed by atoms with van der Waals surface area (Å²) in [5.41, 5.74) is 4.96. The van der Waals surface area contributed by atoms with Crippen molar-refractivity contribution >= 4 is 23.4 Å². The molecule has 0 aromatic carbocycles. The van der Waals surface area contributed by atoms with E-state index in [0.717, 1.165) is 12.8 Å². The van der Waals surface area contributed by atoms with Gasteiger partial charge in [-0.1, -0.05) is 27.2 Å². The van der Waals surface area contributed by atoms with Crippen molar-refractivity contribution in [2.24, 2.45) is 11.1 Å². The Balaban J connectivity index is 4.37. The summed E-state index contributed by atoms with van der Waals surface area (Å²) in [5.74, 6) is -0.224. The van der Waals surface area contributed by atoms with E-state index < -0.39 is 11.9 Å². The molecular formula is C12H23ClN2O2. The van der Waals surface area contributed by atoms with Gasteiger partial charge in [0.15, 0.2) is 0 Å². The Morgan fingerprint density at radius 1 is 1.41 bits per heavy atom. The summed E-state index contributed by atoms with van der Waals surface area (Å²) < 4.78 is 0. The molecule has 0 saturated carbocycles. The van der Waals surface area contributed by atoms with Crippen LogP contribution in [0.2, 0.25) is 0 Å². The fourth-order valence-electron chi connectivity index (χ4n) is 1.81. The van der Waals surface area contributed by atoms with Gasteiger partial charge in [-0.2, -0.15) is 0 Å². The Morgan fingerprint density at radius 2 is 2.00 bits per heavy atom. The zero-order valence-electron chi connectivity index (χ0n) is 10.9. The average Bonchev–Trinajstić information content (AvgIpc) is 2.25. The summed E-state index contributed by atoms with van der Waals surface area (Å²) in [6.45, 7) is 5.84. The second kappa shape index (κ2) is 7.54. The Kier molecular flexibility index (Phi) is 7.19. The Hall–Kier alpha value is -0.770. The highest BCUT2D eigenvalue weighted by molar-refractivity contribution is 6.18. The molecule has 0 aromatic heterocycles. The van der Waals surface area contributed by atoms with Crippen LogP contribution in [0.3, 0.4) is 0 Å². The van der Waals surface area contributed by atoms with Crippen LogP contribution in [0, 0.1) is 5.41 Å². The molecule has 100 valence electrons. The summed E-state index contributed by atoms with van der Waals surface area (Å²) in [5, 5.41) is 2.64. The predicted molar refractivity (Wildman–Crippen MR) is 69.8 cm³/mol. The molecule has 3 N–H and O–H groups in total. The highest BCUT2D eigenvalue weighted by atomic mass is 35.5. The smallest absolute Gasteiger partial charge is 0.239 e. The highest BCUT2D eigenvalue weighted by Gasteiger charge is 2.27. The number of nitrogens with one attached hydrogen (secondary N) is 1. The van der Waals surface area contributed by atoms with Gasteiger partial charge in [-0.15, -0.1) is 11.6 Å². The van der Waals surface area contributed by atoms with E-state index in [1.54, 1.807) is 0 Å². The lowest BCUT2D eigenvalue weighted by molar-refractivity contribution is -0.128. The van der Waals surface area contributed by atoms with Gasteiger partial charge in [0.05, 0.1) is 0 Å². The second-order valence-corrected chi connectivity index (χ2v) is 5.07. The minimum absolute atomic E-state index is 0.160. The third-order valence-electron chi connectivity index (χ3n) is 2.85. The summed E-state index contributed by atoms with van der Waals surface area (Å²) in [7, 11) is 0. The first-order chi connectivity index (χ1) is 7.88. The zero-order chi connectivity index (χ0) is 13.5. The van der Waals surface area contributed by atoms with Crippen molar-refractivity contribution in [3.8, 4) is 0 Å². The van der Waals surface area contributed by atoms with Gasteiger partial charge in [-0.25, -0.2) is 0 Å². The number of nitrogens with two attached hydrogens (primary N) is 1. The van der Waals surface area contributed by atoms with Crippen LogP contribution in [0.1, 0.15) is 46.5 Å². The lowest BCUT2D eigenvalue weighted by Gasteiger charge is -2.26. The van der Waals surface area contributed by atoms with E-state index in [0.29, 0.717) is 18.7 Å². The number of primary amides is 1. The number of alkyl halides is 1. The third-order valence-corrected chi connectivity index (χ3v) is 3.50. The maximum atomic E-state index is 11.8. The normalized spacial score (nSPS) is 16.0. The SMILES string of the molecule is CCC[C@](C)(CCl)CC(=O)N[C@@H](CC)C(N)=O. The summed E-state index contributed by atoms with van der Waals surface area (Å²) >= 11 is 5.89. The predicted octanol–water partition coefficient (Wildman–Crippen LogP) is 1.80. The Morgan fingerprint density at radius 3 is 2.35 bits per heavy atom. The molecule has 0 aromatic rings. The minimum atomic E-state index is -0.580. The standard InChI is InChI=1S/C12H23ClN2O2/c1-4-6-12(3,8-13)7-10(16)15-9(5-2)11(14)17/h9H,4-8H2,1-3H3,(H2,14,17)(H,15,16)/t9-,12-/m0/s1. The number of hydrogen-bond donors (Lipinski definition) is 2. The number of carbonyl (C=O) groups is 2. The molecule has 0 aliphatic rings. The molecule has 0 heterocycles. The van der Waals surface area contributed by atoms with E-state index in [4.69, 9.17) is 17.3 Å². The largest absolute Gasteiger partial charge is 0.368 e. The summed E-state index contributed by atoms with van der Waals surface area (Å²) in [6, 6.07) is -0.580. The van der Waals surface area contributed by atoms with Gasteiger partial charge in [0.1, 0.15) is 6.04 Å². The van der Waals surface area contributed by atoms with Gasteiger partial charge < -0.3 is 11.1 Å². The topological polar surface area (TPSA) is 72.2 Å². The van der Waals surface area contributed by atoms with Gasteiger partial charge in [0.2, 0.25) is 11.8 Å². The first-order valence-corrected chi connectivity index (χ1v) is 6.56. The number of carbonyl (C=O) groups excluding carboxylic acids is 2. The van der Waals surface area contributed by atoms with Crippen molar-refractivity contribution in [1.29, 1.82) is 0 Å². The monoisotopic (exact) mass is 262 g/mol. The van der Waals surface area contributed by atoms with Gasteiger partial charge >= 0.3 is 0 Å². The van der Waals surface area contributed by atoms with Gasteiger partial charge in [0, 0.05) is 12.3 Å². The van der Waals surface area contributed by atoms with E-state index in [1.165, 1.54) is 0 Å². The van der Waals surface area contributed by atoms with Crippen molar-refractivity contribution in [2.75, 3.05) is 5.88 Å². The lowest BCUT2D eigenvalue weighted by atomic mass is 9.84. The maximum absolute atomic E-state index is 11.8. The van der Waals surface area contributed by atoms with Crippen LogP contribution >= 0.6 is 11.6 Å². The number of rotatable bonds is 8. The van der Waals surface area contributed by atoms with Crippen LogP contribution in [0.5, 0.6) is 0 Å². The molecule has 0 unspecified atom stereocenters. The molecule has 5 heteroatoms. The van der Waals surface area contributed by atoms with Crippen LogP contribution in [0.25, 0.3) is 0 Å². The highest BCUT2D eigenvalue weighted by Crippen LogP contribution is 2.29. The van der Waals surface area contributed by atoms with Gasteiger partial charge in [-0.05, 0) is 18.3 Å². The second-order valence-electron chi connectivity index (χ2n) is 4.80. The van der Waals surface area contributed by atoms with E-state index >= 15 is 0 Å². The van der Waals surface area contributed by atoms with E-state index in [-0.39, 0.29) is 11.3 Å². The molecule has 0 radical (unpaired) electrons. The Bertz CT molecular complexity index is 271. The third kappa shape index (κ3) is 5.91. The Labute approximate surface area is 108 Å². The van der Waals surface area contributed by atoms with Gasteiger partial charge in [0.25, 0.3) is 0 Å². The first-order valence-electron chi connectivity index (χ1n) is 6.03. The van der Waals surface area contributed by atoms with Crippen molar-refractivity contribution in [3.05, 3.63) is 0 Å². The molecule has 0 saturated heterocycles. The van der Waals surface area contributed by atoms with E-state index in [2.05, 4.69) is 12.2 Å².